The Hall–Kier alpha value is -1.95. The van der Waals surface area contributed by atoms with E-state index in [1.54, 1.807) is 36.7 Å². The van der Waals surface area contributed by atoms with E-state index in [1.165, 1.54) is 6.21 Å². The second-order valence-electron chi connectivity index (χ2n) is 3.08. The number of aromatic nitrogens is 1. The summed E-state index contributed by atoms with van der Waals surface area (Å²) in [5, 5.41) is 3.80. The van der Waals surface area contributed by atoms with E-state index in [0.717, 1.165) is 5.56 Å². The third kappa shape index (κ3) is 3.25. The SMILES string of the molecule is O=C(NN=Cc1ccncc1)c1ccc(Br)o1. The number of hydrogen-bond donors (Lipinski definition) is 1. The Morgan fingerprint density at radius 1 is 1.35 bits per heavy atom. The molecule has 2 rings (SSSR count). The topological polar surface area (TPSA) is 67.5 Å². The maximum Gasteiger partial charge on any atom is 0.307 e. The van der Waals surface area contributed by atoms with Crippen LogP contribution in [0.25, 0.3) is 0 Å². The quantitative estimate of drug-likeness (QED) is 0.697. The fraction of sp³-hybridized carbons (Fsp3) is 0. The van der Waals surface area contributed by atoms with Crippen molar-refractivity contribution in [3.63, 3.8) is 0 Å². The van der Waals surface area contributed by atoms with Gasteiger partial charge in [-0.2, -0.15) is 5.10 Å². The van der Waals surface area contributed by atoms with E-state index >= 15 is 0 Å². The molecule has 0 unspecified atom stereocenters. The summed E-state index contributed by atoms with van der Waals surface area (Å²) in [7, 11) is 0. The summed E-state index contributed by atoms with van der Waals surface area (Å²) < 4.78 is 5.57. The van der Waals surface area contributed by atoms with E-state index < -0.39 is 5.91 Å². The van der Waals surface area contributed by atoms with E-state index in [2.05, 4.69) is 31.4 Å². The molecule has 0 radical (unpaired) electrons. The molecular weight excluding hydrogens is 286 g/mol. The number of furan rings is 1. The van der Waals surface area contributed by atoms with Crippen molar-refractivity contribution in [2.24, 2.45) is 5.10 Å². The minimum absolute atomic E-state index is 0.198. The van der Waals surface area contributed by atoms with Gasteiger partial charge in [-0.3, -0.25) is 9.78 Å². The summed E-state index contributed by atoms with van der Waals surface area (Å²) >= 11 is 3.11. The lowest BCUT2D eigenvalue weighted by molar-refractivity contribution is 0.0926. The highest BCUT2D eigenvalue weighted by Gasteiger charge is 2.08. The van der Waals surface area contributed by atoms with Gasteiger partial charge in [-0.1, -0.05) is 0 Å². The van der Waals surface area contributed by atoms with Crippen LogP contribution in [-0.4, -0.2) is 17.1 Å². The van der Waals surface area contributed by atoms with Crippen molar-refractivity contribution in [2.45, 2.75) is 0 Å². The second-order valence-corrected chi connectivity index (χ2v) is 3.87. The van der Waals surface area contributed by atoms with E-state index in [1.807, 2.05) is 0 Å². The molecule has 1 amide bonds. The molecule has 0 aliphatic rings. The van der Waals surface area contributed by atoms with Gasteiger partial charge < -0.3 is 4.42 Å². The lowest BCUT2D eigenvalue weighted by atomic mass is 10.3. The maximum absolute atomic E-state index is 11.5. The predicted molar refractivity (Wildman–Crippen MR) is 65.7 cm³/mol. The average molecular weight is 294 g/mol. The summed E-state index contributed by atoms with van der Waals surface area (Å²) in [4.78, 5) is 15.4. The zero-order chi connectivity index (χ0) is 12.1. The van der Waals surface area contributed by atoms with Crippen molar-refractivity contribution in [1.82, 2.24) is 10.4 Å². The van der Waals surface area contributed by atoms with Gasteiger partial charge in [0.15, 0.2) is 10.4 Å². The van der Waals surface area contributed by atoms with E-state index in [4.69, 9.17) is 4.42 Å². The van der Waals surface area contributed by atoms with E-state index in [-0.39, 0.29) is 5.76 Å². The molecule has 0 spiro atoms. The number of hydrogen-bond acceptors (Lipinski definition) is 4. The van der Waals surface area contributed by atoms with Gasteiger partial charge in [-0.15, -0.1) is 0 Å². The Morgan fingerprint density at radius 3 is 2.76 bits per heavy atom. The fourth-order valence-electron chi connectivity index (χ4n) is 1.11. The summed E-state index contributed by atoms with van der Waals surface area (Å²) in [5.74, 6) is -0.204. The van der Waals surface area contributed by atoms with Gasteiger partial charge in [0, 0.05) is 12.4 Å². The second kappa shape index (κ2) is 5.40. The predicted octanol–water partition coefficient (Wildman–Crippen LogP) is 2.20. The number of nitrogens with zero attached hydrogens (tertiary/aromatic N) is 2. The molecule has 0 saturated carbocycles. The number of pyridine rings is 1. The van der Waals surface area contributed by atoms with Crippen LogP contribution in [0.5, 0.6) is 0 Å². The minimum atomic E-state index is -0.402. The van der Waals surface area contributed by atoms with Crippen LogP contribution in [0.15, 0.2) is 50.8 Å². The number of halogens is 1. The lowest BCUT2D eigenvalue weighted by Crippen LogP contribution is -2.16. The first-order valence-electron chi connectivity index (χ1n) is 4.74. The van der Waals surface area contributed by atoms with Crippen molar-refractivity contribution in [3.05, 3.63) is 52.7 Å². The van der Waals surface area contributed by atoms with Crippen LogP contribution in [0.4, 0.5) is 0 Å². The number of amides is 1. The number of hydrazone groups is 1. The van der Waals surface area contributed by atoms with Crippen molar-refractivity contribution < 1.29 is 9.21 Å². The molecule has 2 aromatic rings. The van der Waals surface area contributed by atoms with Gasteiger partial charge in [-0.25, -0.2) is 5.43 Å². The fourth-order valence-corrected chi connectivity index (χ4v) is 1.41. The molecule has 1 N–H and O–H groups in total. The summed E-state index contributed by atoms with van der Waals surface area (Å²) in [5.41, 5.74) is 3.20. The molecule has 86 valence electrons. The first-order chi connectivity index (χ1) is 8.25. The highest BCUT2D eigenvalue weighted by molar-refractivity contribution is 9.10. The third-order valence-electron chi connectivity index (χ3n) is 1.88. The highest BCUT2D eigenvalue weighted by Crippen LogP contribution is 2.13. The Kier molecular flexibility index (Phi) is 3.66. The Morgan fingerprint density at radius 2 is 2.12 bits per heavy atom. The van der Waals surface area contributed by atoms with Gasteiger partial charge in [0.25, 0.3) is 0 Å². The lowest BCUT2D eigenvalue weighted by Gasteiger charge is -1.95. The molecular formula is C11H8BrN3O2. The van der Waals surface area contributed by atoms with Crippen LogP contribution in [0, 0.1) is 0 Å². The molecule has 0 aliphatic carbocycles. The Balaban J connectivity index is 1.95. The van der Waals surface area contributed by atoms with Crippen molar-refractivity contribution in [2.75, 3.05) is 0 Å². The van der Waals surface area contributed by atoms with Crippen molar-refractivity contribution in [3.8, 4) is 0 Å². The highest BCUT2D eigenvalue weighted by atomic mass is 79.9. The molecule has 17 heavy (non-hydrogen) atoms. The van der Waals surface area contributed by atoms with Crippen molar-refractivity contribution >= 4 is 28.1 Å². The first kappa shape index (κ1) is 11.5. The minimum Gasteiger partial charge on any atom is -0.444 e. The number of carbonyl (C=O) groups is 1. The van der Waals surface area contributed by atoms with E-state index in [9.17, 15) is 4.79 Å². The first-order valence-corrected chi connectivity index (χ1v) is 5.54. The largest absolute Gasteiger partial charge is 0.444 e. The third-order valence-corrected chi connectivity index (χ3v) is 2.31. The van der Waals surface area contributed by atoms with Crippen LogP contribution in [0.1, 0.15) is 16.1 Å². The molecule has 5 nitrogen and oxygen atoms in total. The Bertz CT molecular complexity index is 537. The number of carbonyl (C=O) groups excluding carboxylic acids is 1. The van der Waals surface area contributed by atoms with Crippen LogP contribution in [-0.2, 0) is 0 Å². The number of nitrogens with one attached hydrogen (secondary N) is 1. The van der Waals surface area contributed by atoms with Crippen LogP contribution in [0.3, 0.4) is 0 Å². The molecule has 0 atom stereocenters. The molecule has 0 bridgehead atoms. The molecule has 0 aromatic carbocycles. The van der Waals surface area contributed by atoms with Gasteiger partial charge >= 0.3 is 5.91 Å². The molecule has 6 heteroatoms. The normalized spacial score (nSPS) is 10.6. The van der Waals surface area contributed by atoms with Gasteiger partial charge in [0.2, 0.25) is 0 Å². The molecule has 2 heterocycles. The van der Waals surface area contributed by atoms with Gasteiger partial charge in [0.05, 0.1) is 6.21 Å². The maximum atomic E-state index is 11.5. The molecule has 0 saturated heterocycles. The zero-order valence-electron chi connectivity index (χ0n) is 8.63. The van der Waals surface area contributed by atoms with Gasteiger partial charge in [-0.05, 0) is 45.8 Å². The summed E-state index contributed by atoms with van der Waals surface area (Å²) in [6.45, 7) is 0. The Labute approximate surface area is 106 Å². The average Bonchev–Trinajstić information content (AvgIpc) is 2.77. The summed E-state index contributed by atoms with van der Waals surface area (Å²) in [6, 6.07) is 6.75. The molecule has 0 aliphatic heterocycles. The van der Waals surface area contributed by atoms with Crippen molar-refractivity contribution in [1.29, 1.82) is 0 Å². The molecule has 0 fully saturated rings. The summed E-state index contributed by atoms with van der Waals surface area (Å²) in [6.07, 6.45) is 4.82. The van der Waals surface area contributed by atoms with Crippen LogP contribution < -0.4 is 5.43 Å². The monoisotopic (exact) mass is 293 g/mol. The standard InChI is InChI=1S/C11H8BrN3O2/c12-10-2-1-9(17-10)11(16)15-14-7-8-3-5-13-6-4-8/h1-7H,(H,15,16). The van der Waals surface area contributed by atoms with Crippen LogP contribution >= 0.6 is 15.9 Å². The molecule has 2 aromatic heterocycles. The van der Waals surface area contributed by atoms with E-state index in [0.29, 0.717) is 4.67 Å². The van der Waals surface area contributed by atoms with Gasteiger partial charge in [0.1, 0.15) is 0 Å². The van der Waals surface area contributed by atoms with Crippen LogP contribution in [0.2, 0.25) is 0 Å². The number of rotatable bonds is 3. The zero-order valence-corrected chi connectivity index (χ0v) is 10.2. The smallest absolute Gasteiger partial charge is 0.307 e.